The van der Waals surface area contributed by atoms with Crippen LogP contribution in [-0.2, 0) is 0 Å². The van der Waals surface area contributed by atoms with Crippen LogP contribution in [0.2, 0.25) is 0 Å². The minimum Gasteiger partial charge on any atom is -0.395 e. The fourth-order valence-electron chi connectivity index (χ4n) is 1.87. The van der Waals surface area contributed by atoms with Gasteiger partial charge in [0.25, 0.3) is 0 Å². The van der Waals surface area contributed by atoms with Gasteiger partial charge < -0.3 is 15.3 Å². The Morgan fingerprint density at radius 1 is 1.26 bits per heavy atom. The van der Waals surface area contributed by atoms with E-state index >= 15 is 0 Å². The van der Waals surface area contributed by atoms with E-state index in [0.29, 0.717) is 6.54 Å². The summed E-state index contributed by atoms with van der Waals surface area (Å²) in [6.45, 7) is 11.9. The number of rotatable bonds is 7. The quantitative estimate of drug-likeness (QED) is 0.792. The Labute approximate surface area is 116 Å². The van der Waals surface area contributed by atoms with Gasteiger partial charge in [-0.15, -0.1) is 0 Å². The van der Waals surface area contributed by atoms with Crippen LogP contribution >= 0.6 is 0 Å². The van der Waals surface area contributed by atoms with E-state index in [1.807, 2.05) is 13.0 Å². The topological polar surface area (TPSA) is 61.3 Å². The average molecular weight is 266 g/mol. The Hall–Kier alpha value is -1.36. The van der Waals surface area contributed by atoms with Crippen molar-refractivity contribution in [3.8, 4) is 0 Å². The summed E-state index contributed by atoms with van der Waals surface area (Å²) in [5.74, 6) is 2.83. The van der Waals surface area contributed by atoms with Crippen LogP contribution in [0.15, 0.2) is 6.07 Å². The number of nitrogens with one attached hydrogen (secondary N) is 1. The van der Waals surface area contributed by atoms with Crippen molar-refractivity contribution in [2.45, 2.75) is 46.6 Å². The third-order valence-corrected chi connectivity index (χ3v) is 2.86. The Bertz CT molecular complexity index is 393. The van der Waals surface area contributed by atoms with Crippen molar-refractivity contribution >= 4 is 11.6 Å². The van der Waals surface area contributed by atoms with E-state index in [2.05, 4.69) is 47.9 Å². The van der Waals surface area contributed by atoms with Crippen LogP contribution in [0.1, 0.15) is 46.4 Å². The molecule has 5 heteroatoms. The number of anilines is 2. The van der Waals surface area contributed by atoms with Crippen molar-refractivity contribution in [1.29, 1.82) is 0 Å². The first-order chi connectivity index (χ1) is 8.99. The molecule has 1 aromatic heterocycles. The second-order valence-corrected chi connectivity index (χ2v) is 5.17. The van der Waals surface area contributed by atoms with Gasteiger partial charge in [-0.2, -0.15) is 0 Å². The molecule has 0 spiro atoms. The maximum Gasteiger partial charge on any atom is 0.135 e. The molecule has 0 saturated carbocycles. The molecule has 0 radical (unpaired) electrons. The van der Waals surface area contributed by atoms with Gasteiger partial charge in [-0.05, 0) is 20.8 Å². The van der Waals surface area contributed by atoms with Crippen LogP contribution < -0.4 is 10.2 Å². The summed E-state index contributed by atoms with van der Waals surface area (Å²) in [4.78, 5) is 11.2. The predicted molar refractivity (Wildman–Crippen MR) is 79.9 cm³/mol. The van der Waals surface area contributed by atoms with Gasteiger partial charge in [-0.1, -0.05) is 13.8 Å². The zero-order valence-corrected chi connectivity index (χ0v) is 12.6. The van der Waals surface area contributed by atoms with Crippen molar-refractivity contribution in [2.75, 3.05) is 29.9 Å². The molecular formula is C14H26N4O. The van der Waals surface area contributed by atoms with E-state index < -0.39 is 0 Å². The van der Waals surface area contributed by atoms with Gasteiger partial charge in [0.2, 0.25) is 0 Å². The number of aliphatic hydroxyl groups is 1. The summed E-state index contributed by atoms with van der Waals surface area (Å²) in [6, 6.07) is 2.24. The Morgan fingerprint density at radius 2 is 1.95 bits per heavy atom. The normalized spacial score (nSPS) is 11.2. The molecule has 0 unspecified atom stereocenters. The molecule has 0 bridgehead atoms. The number of nitrogens with zero attached hydrogens (tertiary/aromatic N) is 3. The molecule has 0 fully saturated rings. The van der Waals surface area contributed by atoms with Crippen molar-refractivity contribution < 1.29 is 5.11 Å². The van der Waals surface area contributed by atoms with Crippen LogP contribution in [0.3, 0.4) is 0 Å². The fraction of sp³-hybridized carbons (Fsp3) is 0.714. The minimum absolute atomic E-state index is 0.121. The molecule has 108 valence electrons. The number of hydrogen-bond donors (Lipinski definition) is 2. The van der Waals surface area contributed by atoms with Gasteiger partial charge in [0, 0.05) is 31.1 Å². The standard InChI is InChI=1S/C14H26N4O/c1-6-15-12-9-13(17-14(16-12)10(2)3)18(7-8-19)11(4)5/h9-11,19H,6-8H2,1-5H3,(H,15,16,17). The Kier molecular flexibility index (Phi) is 6.02. The third kappa shape index (κ3) is 4.35. The van der Waals surface area contributed by atoms with Crippen LogP contribution in [0.4, 0.5) is 11.6 Å². The zero-order valence-electron chi connectivity index (χ0n) is 12.6. The molecule has 19 heavy (non-hydrogen) atoms. The van der Waals surface area contributed by atoms with Gasteiger partial charge in [0.15, 0.2) is 0 Å². The number of aliphatic hydroxyl groups excluding tert-OH is 1. The van der Waals surface area contributed by atoms with E-state index in [1.165, 1.54) is 0 Å². The summed E-state index contributed by atoms with van der Waals surface area (Å²) < 4.78 is 0. The number of aromatic nitrogens is 2. The average Bonchev–Trinajstić information content (AvgIpc) is 2.35. The molecule has 1 aromatic rings. The Balaban J connectivity index is 3.15. The first-order valence-corrected chi connectivity index (χ1v) is 6.99. The van der Waals surface area contributed by atoms with Crippen LogP contribution in [-0.4, -0.2) is 40.8 Å². The van der Waals surface area contributed by atoms with E-state index in [-0.39, 0.29) is 18.6 Å². The second-order valence-electron chi connectivity index (χ2n) is 5.17. The summed E-state index contributed by atoms with van der Waals surface area (Å²) in [5, 5.41) is 12.4. The second kappa shape index (κ2) is 7.28. The van der Waals surface area contributed by atoms with Crippen LogP contribution in [0.5, 0.6) is 0 Å². The third-order valence-electron chi connectivity index (χ3n) is 2.86. The zero-order chi connectivity index (χ0) is 14.4. The highest BCUT2D eigenvalue weighted by Gasteiger charge is 2.15. The van der Waals surface area contributed by atoms with Gasteiger partial charge in [-0.25, -0.2) is 9.97 Å². The van der Waals surface area contributed by atoms with Crippen molar-refractivity contribution in [3.05, 3.63) is 11.9 Å². The fourth-order valence-corrected chi connectivity index (χ4v) is 1.87. The molecular weight excluding hydrogens is 240 g/mol. The molecule has 0 amide bonds. The van der Waals surface area contributed by atoms with Gasteiger partial charge >= 0.3 is 0 Å². The van der Waals surface area contributed by atoms with Gasteiger partial charge in [0.1, 0.15) is 17.5 Å². The monoisotopic (exact) mass is 266 g/mol. The van der Waals surface area contributed by atoms with Crippen molar-refractivity contribution in [3.63, 3.8) is 0 Å². The lowest BCUT2D eigenvalue weighted by Crippen LogP contribution is -2.34. The molecule has 1 heterocycles. The maximum absolute atomic E-state index is 9.20. The molecule has 0 aromatic carbocycles. The minimum atomic E-state index is 0.121. The highest BCUT2D eigenvalue weighted by atomic mass is 16.3. The summed E-state index contributed by atoms with van der Waals surface area (Å²) in [5.41, 5.74) is 0. The molecule has 0 aliphatic rings. The number of hydrogen-bond acceptors (Lipinski definition) is 5. The maximum atomic E-state index is 9.20. The largest absolute Gasteiger partial charge is 0.395 e. The first kappa shape index (κ1) is 15.7. The van der Waals surface area contributed by atoms with E-state index in [4.69, 9.17) is 0 Å². The van der Waals surface area contributed by atoms with E-state index in [9.17, 15) is 5.11 Å². The summed E-state index contributed by atoms with van der Waals surface area (Å²) in [6.07, 6.45) is 0. The molecule has 5 nitrogen and oxygen atoms in total. The van der Waals surface area contributed by atoms with E-state index in [0.717, 1.165) is 24.0 Å². The lowest BCUT2D eigenvalue weighted by atomic mass is 10.2. The molecule has 2 N–H and O–H groups in total. The first-order valence-electron chi connectivity index (χ1n) is 6.99. The highest BCUT2D eigenvalue weighted by molar-refractivity contribution is 5.50. The smallest absolute Gasteiger partial charge is 0.135 e. The predicted octanol–water partition coefficient (Wildman–Crippen LogP) is 2.24. The molecule has 0 atom stereocenters. The molecule has 0 aliphatic heterocycles. The summed E-state index contributed by atoms with van der Waals surface area (Å²) in [7, 11) is 0. The highest BCUT2D eigenvalue weighted by Crippen LogP contribution is 2.21. The Morgan fingerprint density at radius 3 is 2.42 bits per heavy atom. The molecule has 1 rings (SSSR count). The van der Waals surface area contributed by atoms with Crippen molar-refractivity contribution in [2.24, 2.45) is 0 Å². The van der Waals surface area contributed by atoms with Gasteiger partial charge in [-0.3, -0.25) is 0 Å². The van der Waals surface area contributed by atoms with E-state index in [1.54, 1.807) is 0 Å². The lowest BCUT2D eigenvalue weighted by Gasteiger charge is -2.28. The SMILES string of the molecule is CCNc1cc(N(CCO)C(C)C)nc(C(C)C)n1. The van der Waals surface area contributed by atoms with Gasteiger partial charge in [0.05, 0.1) is 6.61 Å². The van der Waals surface area contributed by atoms with Crippen LogP contribution in [0, 0.1) is 0 Å². The molecule has 0 saturated heterocycles. The van der Waals surface area contributed by atoms with Crippen molar-refractivity contribution in [1.82, 2.24) is 9.97 Å². The summed E-state index contributed by atoms with van der Waals surface area (Å²) >= 11 is 0. The lowest BCUT2D eigenvalue weighted by molar-refractivity contribution is 0.298. The molecule has 0 aliphatic carbocycles. The van der Waals surface area contributed by atoms with Crippen LogP contribution in [0.25, 0.3) is 0 Å².